The van der Waals surface area contributed by atoms with Crippen LogP contribution in [0.15, 0.2) is 12.2 Å². The first-order valence-electron chi connectivity index (χ1n) is 4.74. The third-order valence-electron chi connectivity index (χ3n) is 2.23. The van der Waals surface area contributed by atoms with E-state index in [0.717, 1.165) is 0 Å². The Kier molecular flexibility index (Phi) is 3.66. The molecule has 2 atom stereocenters. The number of hydrogen-bond donors (Lipinski definition) is 2. The molecule has 0 spiro atoms. The summed E-state index contributed by atoms with van der Waals surface area (Å²) >= 11 is 0. The van der Waals surface area contributed by atoms with Crippen LogP contribution < -0.4 is 0 Å². The quantitative estimate of drug-likeness (QED) is 0.649. The van der Waals surface area contributed by atoms with Gasteiger partial charge >= 0.3 is 0 Å². The van der Waals surface area contributed by atoms with Crippen molar-refractivity contribution in [2.24, 2.45) is 0 Å². The van der Waals surface area contributed by atoms with Crippen LogP contribution in [-0.2, 0) is 9.47 Å². The third kappa shape index (κ3) is 2.78. The first-order valence-corrected chi connectivity index (χ1v) is 4.74. The second kappa shape index (κ2) is 4.40. The van der Waals surface area contributed by atoms with Crippen LogP contribution in [0.2, 0.25) is 0 Å². The van der Waals surface area contributed by atoms with Crippen molar-refractivity contribution in [1.29, 1.82) is 0 Å². The molecule has 0 aromatic carbocycles. The number of aliphatic hydroxyl groups is 2. The minimum Gasteiger partial charge on any atom is -0.396 e. The zero-order valence-electron chi connectivity index (χ0n) is 8.69. The Morgan fingerprint density at radius 1 is 1.64 bits per heavy atom. The summed E-state index contributed by atoms with van der Waals surface area (Å²) in [6.45, 7) is 7.64. The van der Waals surface area contributed by atoms with E-state index in [2.05, 4.69) is 6.58 Å². The van der Waals surface area contributed by atoms with Crippen molar-refractivity contribution in [2.45, 2.75) is 38.3 Å². The fourth-order valence-electron chi connectivity index (χ4n) is 1.43. The van der Waals surface area contributed by atoms with Gasteiger partial charge in [-0.25, -0.2) is 0 Å². The third-order valence-corrected chi connectivity index (χ3v) is 2.23. The van der Waals surface area contributed by atoms with Gasteiger partial charge in [-0.2, -0.15) is 0 Å². The minimum absolute atomic E-state index is 0.00708. The van der Waals surface area contributed by atoms with Crippen molar-refractivity contribution >= 4 is 0 Å². The fraction of sp³-hybridized carbons (Fsp3) is 0.800. The number of aliphatic hydroxyl groups excluding tert-OH is 2. The molecule has 1 aliphatic rings. The summed E-state index contributed by atoms with van der Waals surface area (Å²) in [6, 6.07) is 0. The van der Waals surface area contributed by atoms with Gasteiger partial charge in [-0.15, -0.1) is 0 Å². The molecule has 14 heavy (non-hydrogen) atoms. The molecule has 1 rings (SSSR count). The predicted octanol–water partition coefficient (Wildman–Crippen LogP) is 0.437. The second-order valence-electron chi connectivity index (χ2n) is 3.94. The van der Waals surface area contributed by atoms with E-state index in [1.807, 2.05) is 0 Å². The highest BCUT2D eigenvalue weighted by Gasteiger charge is 2.37. The molecule has 0 unspecified atom stereocenters. The summed E-state index contributed by atoms with van der Waals surface area (Å²) in [7, 11) is 0. The summed E-state index contributed by atoms with van der Waals surface area (Å²) in [5, 5.41) is 18.5. The SMILES string of the molecule is C=C(CCO)[C@H](O)[C@@H]1COC(C)(C)O1. The highest BCUT2D eigenvalue weighted by molar-refractivity contribution is 5.05. The van der Waals surface area contributed by atoms with Gasteiger partial charge in [-0.05, 0) is 25.8 Å². The molecule has 1 heterocycles. The first-order chi connectivity index (χ1) is 6.46. The van der Waals surface area contributed by atoms with E-state index < -0.39 is 11.9 Å². The van der Waals surface area contributed by atoms with Crippen LogP contribution in [0.3, 0.4) is 0 Å². The standard InChI is InChI=1S/C10H18O4/c1-7(4-5-11)9(12)8-6-13-10(2,3)14-8/h8-9,11-12H,1,4-6H2,2-3H3/t8-,9-/m0/s1. The molecular formula is C10H18O4. The van der Waals surface area contributed by atoms with Crippen molar-refractivity contribution in [1.82, 2.24) is 0 Å². The summed E-state index contributed by atoms with van der Waals surface area (Å²) in [6.07, 6.45) is -0.741. The highest BCUT2D eigenvalue weighted by atomic mass is 16.7. The van der Waals surface area contributed by atoms with E-state index in [1.54, 1.807) is 13.8 Å². The van der Waals surface area contributed by atoms with Crippen LogP contribution in [0.1, 0.15) is 20.3 Å². The second-order valence-corrected chi connectivity index (χ2v) is 3.94. The average molecular weight is 202 g/mol. The van der Waals surface area contributed by atoms with Gasteiger partial charge < -0.3 is 19.7 Å². The highest BCUT2D eigenvalue weighted by Crippen LogP contribution is 2.26. The maximum Gasteiger partial charge on any atom is 0.163 e. The summed E-state index contributed by atoms with van der Waals surface area (Å²) in [5.74, 6) is -0.634. The lowest BCUT2D eigenvalue weighted by Crippen LogP contribution is -2.32. The largest absolute Gasteiger partial charge is 0.396 e. The van der Waals surface area contributed by atoms with Crippen LogP contribution in [0.5, 0.6) is 0 Å². The Morgan fingerprint density at radius 3 is 2.71 bits per heavy atom. The van der Waals surface area contributed by atoms with Gasteiger partial charge in [0.15, 0.2) is 5.79 Å². The topological polar surface area (TPSA) is 58.9 Å². The summed E-state index contributed by atoms with van der Waals surface area (Å²) < 4.78 is 10.8. The number of hydrogen-bond acceptors (Lipinski definition) is 4. The molecule has 0 aromatic heterocycles. The number of rotatable bonds is 4. The molecule has 0 saturated carbocycles. The zero-order valence-corrected chi connectivity index (χ0v) is 8.69. The molecule has 2 N–H and O–H groups in total. The Bertz CT molecular complexity index is 212. The van der Waals surface area contributed by atoms with Crippen molar-refractivity contribution < 1.29 is 19.7 Å². The predicted molar refractivity (Wildman–Crippen MR) is 51.8 cm³/mol. The van der Waals surface area contributed by atoms with Gasteiger partial charge in [0.2, 0.25) is 0 Å². The van der Waals surface area contributed by atoms with E-state index in [4.69, 9.17) is 14.6 Å². The van der Waals surface area contributed by atoms with Crippen LogP contribution in [0, 0.1) is 0 Å². The first kappa shape index (κ1) is 11.7. The van der Waals surface area contributed by atoms with Crippen molar-refractivity contribution in [3.05, 3.63) is 12.2 Å². The van der Waals surface area contributed by atoms with Crippen LogP contribution in [0.4, 0.5) is 0 Å². The molecule has 1 aliphatic heterocycles. The van der Waals surface area contributed by atoms with E-state index in [9.17, 15) is 5.11 Å². The molecule has 82 valence electrons. The van der Waals surface area contributed by atoms with Crippen molar-refractivity contribution in [3.8, 4) is 0 Å². The summed E-state index contributed by atoms with van der Waals surface area (Å²) in [4.78, 5) is 0. The van der Waals surface area contributed by atoms with Crippen molar-refractivity contribution in [2.75, 3.05) is 13.2 Å². The minimum atomic E-state index is -0.760. The monoisotopic (exact) mass is 202 g/mol. The Balaban J connectivity index is 2.46. The molecule has 0 amide bonds. The van der Waals surface area contributed by atoms with E-state index in [-0.39, 0.29) is 12.7 Å². The van der Waals surface area contributed by atoms with Gasteiger partial charge in [0, 0.05) is 6.61 Å². The normalized spacial score (nSPS) is 27.6. The van der Waals surface area contributed by atoms with E-state index in [0.29, 0.717) is 18.6 Å². The zero-order chi connectivity index (χ0) is 10.8. The molecule has 1 saturated heterocycles. The average Bonchev–Trinajstić information content (AvgIpc) is 2.45. The van der Waals surface area contributed by atoms with Gasteiger partial charge in [0.05, 0.1) is 6.61 Å². The van der Waals surface area contributed by atoms with Crippen LogP contribution >= 0.6 is 0 Å². The fourth-order valence-corrected chi connectivity index (χ4v) is 1.43. The number of ether oxygens (including phenoxy) is 2. The van der Waals surface area contributed by atoms with Gasteiger partial charge in [0.1, 0.15) is 12.2 Å². The Labute approximate surface area is 84.1 Å². The molecular weight excluding hydrogens is 184 g/mol. The van der Waals surface area contributed by atoms with Gasteiger partial charge in [0.25, 0.3) is 0 Å². The lowest BCUT2D eigenvalue weighted by atomic mass is 10.0. The molecule has 4 heteroatoms. The molecule has 0 aliphatic carbocycles. The Hall–Kier alpha value is -0.420. The van der Waals surface area contributed by atoms with E-state index >= 15 is 0 Å². The van der Waals surface area contributed by atoms with Crippen LogP contribution in [-0.4, -0.2) is 41.4 Å². The smallest absolute Gasteiger partial charge is 0.163 e. The molecule has 0 bridgehead atoms. The molecule has 1 fully saturated rings. The van der Waals surface area contributed by atoms with Gasteiger partial charge in [-0.3, -0.25) is 0 Å². The Morgan fingerprint density at radius 2 is 2.29 bits per heavy atom. The van der Waals surface area contributed by atoms with Crippen molar-refractivity contribution in [3.63, 3.8) is 0 Å². The molecule has 0 radical (unpaired) electrons. The summed E-state index contributed by atoms with van der Waals surface area (Å²) in [5.41, 5.74) is 0.582. The lowest BCUT2D eigenvalue weighted by Gasteiger charge is -2.21. The van der Waals surface area contributed by atoms with E-state index in [1.165, 1.54) is 0 Å². The van der Waals surface area contributed by atoms with Gasteiger partial charge in [-0.1, -0.05) is 6.58 Å². The molecule has 4 nitrogen and oxygen atoms in total. The van der Waals surface area contributed by atoms with Crippen LogP contribution in [0.25, 0.3) is 0 Å². The maximum atomic E-state index is 9.77. The molecule has 0 aromatic rings. The maximum absolute atomic E-state index is 9.77. The lowest BCUT2D eigenvalue weighted by molar-refractivity contribution is -0.148.